The number of pyridine rings is 1. The highest BCUT2D eigenvalue weighted by Gasteiger charge is 2.32. The molecule has 0 amide bonds. The summed E-state index contributed by atoms with van der Waals surface area (Å²) in [6, 6.07) is 6.29. The molecule has 0 atom stereocenters. The van der Waals surface area contributed by atoms with E-state index < -0.39 is 27.7 Å². The van der Waals surface area contributed by atoms with E-state index in [-0.39, 0.29) is 16.2 Å². The van der Waals surface area contributed by atoms with Crippen LogP contribution in [-0.2, 0) is 15.4 Å². The van der Waals surface area contributed by atoms with E-state index in [1.54, 1.807) is 32.9 Å². The molecule has 0 saturated carbocycles. The highest BCUT2D eigenvalue weighted by molar-refractivity contribution is 9.08. The fourth-order valence-corrected chi connectivity index (χ4v) is 4.21. The van der Waals surface area contributed by atoms with Gasteiger partial charge in [-0.3, -0.25) is 4.98 Å². The van der Waals surface area contributed by atoms with Gasteiger partial charge < -0.3 is 4.74 Å². The van der Waals surface area contributed by atoms with E-state index >= 15 is 0 Å². The minimum Gasteiger partial charge on any atom is -0.406 e. The third-order valence-corrected chi connectivity index (χ3v) is 5.63. The predicted molar refractivity (Wildman–Crippen MR) is 99.1 cm³/mol. The zero-order valence-electron chi connectivity index (χ0n) is 14.8. The maximum Gasteiger partial charge on any atom is 0.573 e. The Bertz CT molecular complexity index is 909. The molecule has 10 heteroatoms. The van der Waals surface area contributed by atoms with Gasteiger partial charge in [0.25, 0.3) is 0 Å². The van der Waals surface area contributed by atoms with E-state index in [4.69, 9.17) is 0 Å². The van der Waals surface area contributed by atoms with E-state index in [0.717, 1.165) is 23.8 Å². The first-order valence-electron chi connectivity index (χ1n) is 7.76. The largest absolute Gasteiger partial charge is 0.573 e. The molecule has 0 fully saturated rings. The molecule has 0 spiro atoms. The van der Waals surface area contributed by atoms with Gasteiger partial charge in [0.2, 0.25) is 10.0 Å². The number of nitrogens with one attached hydrogen (secondary N) is 1. The molecule has 1 heterocycles. The Morgan fingerprint density at radius 1 is 1.15 bits per heavy atom. The molecule has 148 valence electrons. The van der Waals surface area contributed by atoms with Crippen molar-refractivity contribution in [2.75, 3.05) is 0 Å². The molecule has 27 heavy (non-hydrogen) atoms. The van der Waals surface area contributed by atoms with Crippen molar-refractivity contribution in [3.63, 3.8) is 0 Å². The van der Waals surface area contributed by atoms with Crippen LogP contribution in [0, 0.1) is 0 Å². The van der Waals surface area contributed by atoms with Crippen LogP contribution < -0.4 is 9.46 Å². The van der Waals surface area contributed by atoms with Crippen molar-refractivity contribution < 1.29 is 26.3 Å². The number of nitrogens with zero attached hydrogens (tertiary/aromatic N) is 1. The summed E-state index contributed by atoms with van der Waals surface area (Å²) in [4.78, 5) is 3.98. The summed E-state index contributed by atoms with van der Waals surface area (Å²) in [5, 5.41) is 0.536. The van der Waals surface area contributed by atoms with Crippen molar-refractivity contribution in [1.29, 1.82) is 0 Å². The summed E-state index contributed by atoms with van der Waals surface area (Å²) in [6.07, 6.45) is -3.39. The molecule has 0 aliphatic carbocycles. The number of aromatic nitrogens is 1. The maximum atomic E-state index is 12.8. The molecule has 1 N–H and O–H groups in total. The third kappa shape index (κ3) is 6.18. The molecule has 0 aliphatic rings. The van der Waals surface area contributed by atoms with Crippen LogP contribution in [0.3, 0.4) is 0 Å². The Hall–Kier alpha value is -1.65. The Morgan fingerprint density at radius 2 is 1.81 bits per heavy atom. The van der Waals surface area contributed by atoms with Crippen LogP contribution in [0.4, 0.5) is 13.2 Å². The van der Waals surface area contributed by atoms with E-state index in [1.807, 2.05) is 0 Å². The first-order valence-corrected chi connectivity index (χ1v) is 10.4. The van der Waals surface area contributed by atoms with E-state index in [9.17, 15) is 21.6 Å². The summed E-state index contributed by atoms with van der Waals surface area (Å²) in [5.74, 6) is -0.529. The van der Waals surface area contributed by atoms with E-state index in [1.165, 1.54) is 6.20 Å². The smallest absolute Gasteiger partial charge is 0.406 e. The van der Waals surface area contributed by atoms with Crippen molar-refractivity contribution in [2.45, 2.75) is 42.9 Å². The summed E-state index contributed by atoms with van der Waals surface area (Å²) < 4.78 is 69.6. The van der Waals surface area contributed by atoms with Gasteiger partial charge in [-0.25, -0.2) is 13.1 Å². The van der Waals surface area contributed by atoms with Gasteiger partial charge >= 0.3 is 6.36 Å². The lowest BCUT2D eigenvalue weighted by Gasteiger charge is -2.22. The minimum atomic E-state index is -4.89. The molecule has 5 nitrogen and oxygen atoms in total. The number of hydrogen-bond donors (Lipinski definition) is 1. The van der Waals surface area contributed by atoms with Gasteiger partial charge in [-0.1, -0.05) is 22.0 Å². The maximum absolute atomic E-state index is 12.8. The van der Waals surface area contributed by atoms with Crippen LogP contribution in [-0.4, -0.2) is 25.3 Å². The quantitative estimate of drug-likeness (QED) is 0.652. The van der Waals surface area contributed by atoms with Crippen molar-refractivity contribution in [3.05, 3.63) is 42.1 Å². The van der Waals surface area contributed by atoms with Crippen molar-refractivity contribution >= 4 is 26.0 Å². The zero-order chi connectivity index (χ0) is 20.5. The Balaban J connectivity index is 2.61. The van der Waals surface area contributed by atoms with E-state index in [2.05, 4.69) is 30.4 Å². The molecular weight excluding hydrogens is 449 g/mol. The molecule has 0 radical (unpaired) electrons. The second-order valence-corrected chi connectivity index (χ2v) is 8.96. The van der Waals surface area contributed by atoms with Gasteiger partial charge in [-0.2, -0.15) is 0 Å². The molecule has 0 saturated heterocycles. The first kappa shape index (κ1) is 21.6. The van der Waals surface area contributed by atoms with Crippen LogP contribution in [0.15, 0.2) is 41.4 Å². The monoisotopic (exact) mass is 466 g/mol. The van der Waals surface area contributed by atoms with Crippen molar-refractivity contribution in [1.82, 2.24) is 9.71 Å². The Morgan fingerprint density at radius 3 is 2.30 bits per heavy atom. The predicted octanol–water partition coefficient (Wildman–Crippen LogP) is 4.62. The van der Waals surface area contributed by atoms with Crippen LogP contribution in [0.1, 0.15) is 26.3 Å². The summed E-state index contributed by atoms with van der Waals surface area (Å²) >= 11 is 3.27. The van der Waals surface area contributed by atoms with Gasteiger partial charge in [0, 0.05) is 22.6 Å². The molecule has 0 aliphatic heterocycles. The number of hydrogen-bond acceptors (Lipinski definition) is 4. The molecule has 2 aromatic rings. The fraction of sp³-hybridized carbons (Fsp3) is 0.353. The standard InChI is InChI=1S/C17H18BrF3N2O3S/c1-16(2,3)23-27(24,25)15-7-5-12(26-17(19,20)21)8-13(15)14-6-4-11(9-18)10-22-14/h4-8,10,23H,9H2,1-3H3. The Kier molecular flexibility index (Phi) is 6.23. The molecule has 0 bridgehead atoms. The lowest BCUT2D eigenvalue weighted by atomic mass is 10.1. The third-order valence-electron chi connectivity index (χ3n) is 3.17. The minimum absolute atomic E-state index is 0.00891. The summed E-state index contributed by atoms with van der Waals surface area (Å²) in [5.41, 5.74) is 0.278. The van der Waals surface area contributed by atoms with E-state index in [0.29, 0.717) is 5.33 Å². The molecular formula is C17H18BrF3N2O3S. The highest BCUT2D eigenvalue weighted by Crippen LogP contribution is 2.33. The highest BCUT2D eigenvalue weighted by atomic mass is 79.9. The van der Waals surface area contributed by atoms with Gasteiger partial charge in [0.1, 0.15) is 5.75 Å². The zero-order valence-corrected chi connectivity index (χ0v) is 17.2. The lowest BCUT2D eigenvalue weighted by Crippen LogP contribution is -2.40. The van der Waals surface area contributed by atoms with Crippen LogP contribution >= 0.6 is 15.9 Å². The second kappa shape index (κ2) is 7.76. The summed E-state index contributed by atoms with van der Waals surface area (Å²) in [6.45, 7) is 4.98. The van der Waals surface area contributed by atoms with Crippen molar-refractivity contribution in [3.8, 4) is 17.0 Å². The molecule has 0 unspecified atom stereocenters. The normalized spacial score (nSPS) is 12.9. The van der Waals surface area contributed by atoms with Crippen LogP contribution in [0.25, 0.3) is 11.3 Å². The van der Waals surface area contributed by atoms with Gasteiger partial charge in [-0.05, 0) is 50.6 Å². The Labute approximate surface area is 164 Å². The first-order chi connectivity index (χ1) is 12.3. The fourth-order valence-electron chi connectivity index (χ4n) is 2.26. The average molecular weight is 467 g/mol. The van der Waals surface area contributed by atoms with Gasteiger partial charge in [0.05, 0.1) is 10.6 Å². The van der Waals surface area contributed by atoms with Gasteiger partial charge in [-0.15, -0.1) is 13.2 Å². The topological polar surface area (TPSA) is 68.3 Å². The molecule has 2 rings (SSSR count). The SMILES string of the molecule is CC(C)(C)NS(=O)(=O)c1ccc(OC(F)(F)F)cc1-c1ccc(CBr)cn1. The number of halogens is 4. The van der Waals surface area contributed by atoms with Crippen LogP contribution in [0.5, 0.6) is 5.75 Å². The number of alkyl halides is 4. The number of ether oxygens (including phenoxy) is 1. The number of benzene rings is 1. The lowest BCUT2D eigenvalue weighted by molar-refractivity contribution is -0.274. The average Bonchev–Trinajstić information content (AvgIpc) is 2.51. The van der Waals surface area contributed by atoms with Crippen LogP contribution in [0.2, 0.25) is 0 Å². The summed E-state index contributed by atoms with van der Waals surface area (Å²) in [7, 11) is -4.01. The van der Waals surface area contributed by atoms with Gasteiger partial charge in [0.15, 0.2) is 0 Å². The molecule has 1 aromatic heterocycles. The molecule has 1 aromatic carbocycles. The number of rotatable bonds is 5. The number of sulfonamides is 1. The van der Waals surface area contributed by atoms with Crippen molar-refractivity contribution in [2.24, 2.45) is 0 Å². The second-order valence-electron chi connectivity index (χ2n) is 6.75.